The number of likely N-dealkylation sites (N-methyl/N-ethyl adjacent to an activating group) is 1. The van der Waals surface area contributed by atoms with Gasteiger partial charge in [-0.25, -0.2) is 0 Å². The molecule has 0 saturated heterocycles. The first-order valence-corrected chi connectivity index (χ1v) is 7.50. The van der Waals surface area contributed by atoms with E-state index in [1.165, 1.54) is 5.56 Å². The number of aliphatic hydroxyl groups is 1. The number of hydrogen-bond donors (Lipinski definition) is 2. The van der Waals surface area contributed by atoms with E-state index < -0.39 is 0 Å². The van der Waals surface area contributed by atoms with Gasteiger partial charge in [-0.15, -0.1) is 0 Å². The number of halogens is 1. The minimum absolute atomic E-state index is 0.117. The topological polar surface area (TPSA) is 35.5 Å². The SMILES string of the molecule is CCNC(C)c1ccc(N(C)C(C)(C)CO)c(Br)c1. The molecule has 4 heteroatoms. The standard InChI is InChI=1S/C15H25BrN2O/c1-6-17-11(2)12-7-8-14(13(16)9-12)18(5)15(3,4)10-19/h7-9,11,17,19H,6,10H2,1-5H3. The second kappa shape index (κ2) is 6.73. The molecule has 1 atom stereocenters. The molecule has 19 heavy (non-hydrogen) atoms. The zero-order valence-electron chi connectivity index (χ0n) is 12.5. The van der Waals surface area contributed by atoms with Crippen molar-refractivity contribution < 1.29 is 5.11 Å². The lowest BCUT2D eigenvalue weighted by molar-refractivity contribution is 0.216. The third-order valence-corrected chi connectivity index (χ3v) is 4.27. The maximum atomic E-state index is 9.46. The summed E-state index contributed by atoms with van der Waals surface area (Å²) in [5, 5.41) is 12.9. The lowest BCUT2D eigenvalue weighted by Gasteiger charge is -2.36. The summed E-state index contributed by atoms with van der Waals surface area (Å²) in [6.07, 6.45) is 0. The molecule has 1 aromatic rings. The fourth-order valence-electron chi connectivity index (χ4n) is 1.92. The van der Waals surface area contributed by atoms with Crippen LogP contribution < -0.4 is 10.2 Å². The van der Waals surface area contributed by atoms with Crippen LogP contribution in [-0.4, -0.2) is 30.8 Å². The quantitative estimate of drug-likeness (QED) is 0.840. The summed E-state index contributed by atoms with van der Waals surface area (Å²) >= 11 is 3.64. The molecule has 0 spiro atoms. The average Bonchev–Trinajstić information content (AvgIpc) is 2.38. The molecule has 0 aliphatic heterocycles. The Morgan fingerprint density at radius 3 is 2.53 bits per heavy atom. The molecule has 1 unspecified atom stereocenters. The van der Waals surface area contributed by atoms with Gasteiger partial charge in [0.2, 0.25) is 0 Å². The summed E-state index contributed by atoms with van der Waals surface area (Å²) in [7, 11) is 2.00. The molecule has 0 aromatic heterocycles. The number of anilines is 1. The lowest BCUT2D eigenvalue weighted by Crippen LogP contribution is -2.44. The molecule has 2 N–H and O–H groups in total. The largest absolute Gasteiger partial charge is 0.394 e. The summed E-state index contributed by atoms with van der Waals surface area (Å²) in [6.45, 7) is 9.39. The van der Waals surface area contributed by atoms with Gasteiger partial charge >= 0.3 is 0 Å². The Morgan fingerprint density at radius 1 is 1.42 bits per heavy atom. The fourth-order valence-corrected chi connectivity index (χ4v) is 2.58. The van der Waals surface area contributed by atoms with Crippen molar-refractivity contribution >= 4 is 21.6 Å². The smallest absolute Gasteiger partial charge is 0.0658 e. The van der Waals surface area contributed by atoms with Gasteiger partial charge in [0.1, 0.15) is 0 Å². The molecule has 1 aromatic carbocycles. The lowest BCUT2D eigenvalue weighted by atomic mass is 10.0. The molecule has 0 heterocycles. The Kier molecular flexibility index (Phi) is 5.83. The van der Waals surface area contributed by atoms with E-state index in [0.717, 1.165) is 16.7 Å². The van der Waals surface area contributed by atoms with Crippen LogP contribution in [0.15, 0.2) is 22.7 Å². The molecule has 3 nitrogen and oxygen atoms in total. The minimum Gasteiger partial charge on any atom is -0.394 e. The molecule has 108 valence electrons. The molecular weight excluding hydrogens is 304 g/mol. The van der Waals surface area contributed by atoms with E-state index in [9.17, 15) is 5.11 Å². The zero-order valence-corrected chi connectivity index (χ0v) is 14.1. The van der Waals surface area contributed by atoms with E-state index in [4.69, 9.17) is 0 Å². The van der Waals surface area contributed by atoms with Gasteiger partial charge in [-0.1, -0.05) is 13.0 Å². The molecule has 0 amide bonds. The van der Waals surface area contributed by atoms with Crippen molar-refractivity contribution in [1.82, 2.24) is 5.32 Å². The van der Waals surface area contributed by atoms with E-state index >= 15 is 0 Å². The Balaban J connectivity index is 3.01. The predicted octanol–water partition coefficient (Wildman–Crippen LogP) is 3.33. The fraction of sp³-hybridized carbons (Fsp3) is 0.600. The van der Waals surface area contributed by atoms with Crippen molar-refractivity contribution in [2.45, 2.75) is 39.3 Å². The Bertz CT molecular complexity index is 421. The Hall–Kier alpha value is -0.580. The summed E-state index contributed by atoms with van der Waals surface area (Å²) in [6, 6.07) is 6.72. The first-order valence-electron chi connectivity index (χ1n) is 6.71. The monoisotopic (exact) mass is 328 g/mol. The van der Waals surface area contributed by atoms with Crippen molar-refractivity contribution in [2.24, 2.45) is 0 Å². The van der Waals surface area contributed by atoms with Crippen LogP contribution in [-0.2, 0) is 0 Å². The molecule has 0 radical (unpaired) electrons. The van der Waals surface area contributed by atoms with E-state index in [-0.39, 0.29) is 12.1 Å². The van der Waals surface area contributed by atoms with Gasteiger partial charge in [-0.05, 0) is 60.9 Å². The number of hydrogen-bond acceptors (Lipinski definition) is 3. The third kappa shape index (κ3) is 3.94. The summed E-state index contributed by atoms with van der Waals surface area (Å²) in [5.74, 6) is 0. The summed E-state index contributed by atoms with van der Waals surface area (Å²) in [4.78, 5) is 2.10. The van der Waals surface area contributed by atoms with Gasteiger partial charge in [-0.3, -0.25) is 0 Å². The highest BCUT2D eigenvalue weighted by Gasteiger charge is 2.24. The van der Waals surface area contributed by atoms with E-state index in [2.05, 4.69) is 58.2 Å². The van der Waals surface area contributed by atoms with Crippen LogP contribution in [0.1, 0.15) is 39.3 Å². The second-order valence-corrected chi connectivity index (χ2v) is 6.37. The molecule has 0 aliphatic rings. The van der Waals surface area contributed by atoms with Gasteiger partial charge in [-0.2, -0.15) is 0 Å². The molecule has 0 fully saturated rings. The minimum atomic E-state index is -0.280. The van der Waals surface area contributed by atoms with Crippen molar-refractivity contribution in [3.05, 3.63) is 28.2 Å². The Morgan fingerprint density at radius 2 is 2.05 bits per heavy atom. The van der Waals surface area contributed by atoms with Crippen LogP contribution in [0.4, 0.5) is 5.69 Å². The van der Waals surface area contributed by atoms with Crippen molar-refractivity contribution in [3.63, 3.8) is 0 Å². The van der Waals surface area contributed by atoms with Crippen molar-refractivity contribution in [3.8, 4) is 0 Å². The van der Waals surface area contributed by atoms with Gasteiger partial charge in [0.15, 0.2) is 0 Å². The zero-order chi connectivity index (χ0) is 14.6. The number of nitrogens with one attached hydrogen (secondary N) is 1. The first kappa shape index (κ1) is 16.5. The van der Waals surface area contributed by atoms with Gasteiger partial charge in [0, 0.05) is 17.6 Å². The normalized spacial score (nSPS) is 13.4. The molecule has 0 saturated carbocycles. The van der Waals surface area contributed by atoms with E-state index in [1.54, 1.807) is 0 Å². The highest BCUT2D eigenvalue weighted by Crippen LogP contribution is 2.32. The van der Waals surface area contributed by atoms with Crippen molar-refractivity contribution in [1.29, 1.82) is 0 Å². The predicted molar refractivity (Wildman–Crippen MR) is 85.8 cm³/mol. The summed E-state index contributed by atoms with van der Waals surface area (Å²) in [5.41, 5.74) is 2.07. The number of rotatable bonds is 6. The maximum absolute atomic E-state index is 9.46. The first-order chi connectivity index (χ1) is 8.83. The number of nitrogens with zero attached hydrogens (tertiary/aromatic N) is 1. The van der Waals surface area contributed by atoms with Crippen LogP contribution in [0.3, 0.4) is 0 Å². The maximum Gasteiger partial charge on any atom is 0.0658 e. The van der Waals surface area contributed by atoms with E-state index in [0.29, 0.717) is 6.04 Å². The van der Waals surface area contributed by atoms with Crippen LogP contribution in [0.25, 0.3) is 0 Å². The van der Waals surface area contributed by atoms with Crippen molar-refractivity contribution in [2.75, 3.05) is 25.1 Å². The van der Waals surface area contributed by atoms with Crippen LogP contribution in [0, 0.1) is 0 Å². The van der Waals surface area contributed by atoms with Crippen LogP contribution in [0.5, 0.6) is 0 Å². The summed E-state index contributed by atoms with van der Waals surface area (Å²) < 4.78 is 1.05. The number of aliphatic hydroxyl groups excluding tert-OH is 1. The molecular formula is C15H25BrN2O. The molecule has 0 bridgehead atoms. The average molecular weight is 329 g/mol. The second-order valence-electron chi connectivity index (χ2n) is 5.52. The van der Waals surface area contributed by atoms with Gasteiger partial charge in [0.25, 0.3) is 0 Å². The third-order valence-electron chi connectivity index (χ3n) is 3.64. The molecule has 0 aliphatic carbocycles. The van der Waals surface area contributed by atoms with Crippen LogP contribution in [0.2, 0.25) is 0 Å². The van der Waals surface area contributed by atoms with Crippen LogP contribution >= 0.6 is 15.9 Å². The van der Waals surface area contributed by atoms with E-state index in [1.807, 2.05) is 20.9 Å². The highest BCUT2D eigenvalue weighted by molar-refractivity contribution is 9.10. The Labute approximate surface area is 125 Å². The van der Waals surface area contributed by atoms with Gasteiger partial charge in [0.05, 0.1) is 17.8 Å². The molecule has 1 rings (SSSR count). The van der Waals surface area contributed by atoms with Gasteiger partial charge < -0.3 is 15.3 Å². The highest BCUT2D eigenvalue weighted by atomic mass is 79.9. The number of benzene rings is 1.